The highest BCUT2D eigenvalue weighted by atomic mass is 16.5. The molecule has 1 saturated heterocycles. The van der Waals surface area contributed by atoms with Gasteiger partial charge in [-0.25, -0.2) is 4.99 Å². The maximum atomic E-state index is 12.4. The van der Waals surface area contributed by atoms with Crippen molar-refractivity contribution in [1.82, 2.24) is 15.5 Å². The molecular weight excluding hydrogens is 340 g/mol. The van der Waals surface area contributed by atoms with E-state index < -0.39 is 0 Å². The molecular formula is C21H34N4O2. The van der Waals surface area contributed by atoms with Gasteiger partial charge in [0.2, 0.25) is 0 Å². The smallest absolute Gasteiger partial charge is 0.251 e. The van der Waals surface area contributed by atoms with E-state index in [4.69, 9.17) is 9.73 Å². The van der Waals surface area contributed by atoms with Crippen molar-refractivity contribution in [2.45, 2.75) is 52.2 Å². The maximum absolute atomic E-state index is 12.4. The molecule has 1 amide bonds. The minimum absolute atomic E-state index is 0.0525. The molecule has 1 aliphatic rings. The zero-order valence-electron chi connectivity index (χ0n) is 17.0. The van der Waals surface area contributed by atoms with Crippen LogP contribution in [0.15, 0.2) is 29.3 Å². The molecule has 6 heteroatoms. The van der Waals surface area contributed by atoms with E-state index in [9.17, 15) is 4.79 Å². The number of carbonyl (C=O) groups is 1. The van der Waals surface area contributed by atoms with E-state index in [1.54, 1.807) is 0 Å². The van der Waals surface area contributed by atoms with Crippen LogP contribution < -0.4 is 10.6 Å². The molecule has 1 fully saturated rings. The molecule has 0 aromatic heterocycles. The predicted octanol–water partition coefficient (Wildman–Crippen LogP) is 2.79. The van der Waals surface area contributed by atoms with Crippen molar-refractivity contribution in [2.75, 3.05) is 33.3 Å². The van der Waals surface area contributed by atoms with Crippen LogP contribution in [-0.4, -0.2) is 56.2 Å². The number of nitrogens with zero attached hydrogens (tertiary/aromatic N) is 2. The number of unbranched alkanes of at least 4 members (excludes halogenated alkanes) is 1. The number of aliphatic imine (C=N–C) groups is 1. The first-order valence-corrected chi connectivity index (χ1v) is 10.1. The normalized spacial score (nSPS) is 17.0. The quantitative estimate of drug-likeness (QED) is 0.515. The lowest BCUT2D eigenvalue weighted by Crippen LogP contribution is -2.39. The fourth-order valence-electron chi connectivity index (χ4n) is 3.06. The van der Waals surface area contributed by atoms with Gasteiger partial charge >= 0.3 is 0 Å². The molecule has 6 nitrogen and oxygen atoms in total. The third-order valence-corrected chi connectivity index (χ3v) is 4.66. The van der Waals surface area contributed by atoms with Crippen molar-refractivity contribution in [3.63, 3.8) is 0 Å². The highest BCUT2D eigenvalue weighted by molar-refractivity contribution is 5.94. The maximum Gasteiger partial charge on any atom is 0.251 e. The third-order valence-electron chi connectivity index (χ3n) is 4.66. The first-order valence-electron chi connectivity index (χ1n) is 10.1. The number of guanidine groups is 1. The van der Waals surface area contributed by atoms with Crippen LogP contribution in [0.5, 0.6) is 0 Å². The molecule has 150 valence electrons. The third kappa shape index (κ3) is 7.21. The summed E-state index contributed by atoms with van der Waals surface area (Å²) in [6, 6.07) is 7.69. The Morgan fingerprint density at radius 3 is 2.89 bits per heavy atom. The van der Waals surface area contributed by atoms with Gasteiger partial charge in [-0.05, 0) is 43.9 Å². The van der Waals surface area contributed by atoms with E-state index in [1.165, 1.54) is 0 Å². The van der Waals surface area contributed by atoms with Crippen molar-refractivity contribution >= 4 is 11.9 Å². The molecule has 0 radical (unpaired) electrons. The Morgan fingerprint density at radius 2 is 2.19 bits per heavy atom. The molecule has 0 saturated carbocycles. The van der Waals surface area contributed by atoms with Crippen molar-refractivity contribution in [1.29, 1.82) is 0 Å². The van der Waals surface area contributed by atoms with Gasteiger partial charge in [0.1, 0.15) is 0 Å². The average Bonchev–Trinajstić information content (AvgIpc) is 3.21. The predicted molar refractivity (Wildman–Crippen MR) is 110 cm³/mol. The molecule has 27 heavy (non-hydrogen) atoms. The van der Waals surface area contributed by atoms with Crippen molar-refractivity contribution < 1.29 is 9.53 Å². The summed E-state index contributed by atoms with van der Waals surface area (Å²) in [6.07, 6.45) is 4.56. The van der Waals surface area contributed by atoms with Crippen LogP contribution in [0.2, 0.25) is 0 Å². The Balaban J connectivity index is 1.94. The molecule has 0 aliphatic carbocycles. The summed E-state index contributed by atoms with van der Waals surface area (Å²) < 4.78 is 5.56. The number of hydrogen-bond donors (Lipinski definition) is 2. The molecule has 1 unspecified atom stereocenters. The van der Waals surface area contributed by atoms with Crippen LogP contribution in [0.4, 0.5) is 0 Å². The Labute approximate surface area is 163 Å². The second-order valence-electron chi connectivity index (χ2n) is 6.99. The average molecular weight is 375 g/mol. The molecule has 1 aromatic rings. The van der Waals surface area contributed by atoms with E-state index in [0.717, 1.165) is 56.9 Å². The number of ether oxygens (including phenoxy) is 1. The van der Waals surface area contributed by atoms with Crippen molar-refractivity contribution in [3.8, 4) is 0 Å². The zero-order valence-corrected chi connectivity index (χ0v) is 17.0. The van der Waals surface area contributed by atoms with Gasteiger partial charge in [-0.15, -0.1) is 0 Å². The minimum atomic E-state index is -0.0525. The first-order chi connectivity index (χ1) is 13.1. The number of rotatable bonds is 9. The number of benzene rings is 1. The molecule has 1 aromatic carbocycles. The van der Waals surface area contributed by atoms with Crippen LogP contribution in [0.3, 0.4) is 0 Å². The first kappa shape index (κ1) is 21.2. The standard InChI is InChI=1S/C21H34N4O2/c1-4-6-12-25(3)21(22-5-2)24-15-17-9-7-10-18(14-17)20(26)23-16-19-11-8-13-27-19/h7,9-10,14,19H,4-6,8,11-13,15-16H2,1-3H3,(H,22,24)(H,23,26). The van der Waals surface area contributed by atoms with Gasteiger partial charge in [0.25, 0.3) is 5.91 Å². The highest BCUT2D eigenvalue weighted by Gasteiger charge is 2.16. The summed E-state index contributed by atoms with van der Waals surface area (Å²) in [5.74, 6) is 0.850. The molecule has 0 spiro atoms. The summed E-state index contributed by atoms with van der Waals surface area (Å²) in [5.41, 5.74) is 1.70. The number of hydrogen-bond acceptors (Lipinski definition) is 3. The van der Waals surface area contributed by atoms with Crippen LogP contribution in [0.25, 0.3) is 0 Å². The summed E-state index contributed by atoms with van der Waals surface area (Å²) in [5, 5.41) is 6.31. The van der Waals surface area contributed by atoms with Crippen molar-refractivity contribution in [2.24, 2.45) is 4.99 Å². The van der Waals surface area contributed by atoms with E-state index in [-0.39, 0.29) is 12.0 Å². The fraction of sp³-hybridized carbons (Fsp3) is 0.619. The number of amides is 1. The number of carbonyl (C=O) groups excluding carboxylic acids is 1. The van der Waals surface area contributed by atoms with Crippen LogP contribution in [-0.2, 0) is 11.3 Å². The second kappa shape index (κ2) is 11.6. The van der Waals surface area contributed by atoms with Gasteiger partial charge in [0, 0.05) is 38.9 Å². The monoisotopic (exact) mass is 374 g/mol. The molecule has 1 aliphatic heterocycles. The van der Waals surface area contributed by atoms with E-state index >= 15 is 0 Å². The lowest BCUT2D eigenvalue weighted by Gasteiger charge is -2.21. The molecule has 1 heterocycles. The fourth-order valence-corrected chi connectivity index (χ4v) is 3.06. The molecule has 0 bridgehead atoms. The summed E-state index contributed by atoms with van der Waals surface area (Å²) in [6.45, 7) is 8.00. The van der Waals surface area contributed by atoms with Crippen LogP contribution >= 0.6 is 0 Å². The van der Waals surface area contributed by atoms with Gasteiger partial charge in [-0.1, -0.05) is 25.5 Å². The zero-order chi connectivity index (χ0) is 19.5. The van der Waals surface area contributed by atoms with E-state index in [2.05, 4.69) is 36.4 Å². The minimum Gasteiger partial charge on any atom is -0.376 e. The summed E-state index contributed by atoms with van der Waals surface area (Å²) in [4.78, 5) is 19.3. The Morgan fingerprint density at radius 1 is 1.33 bits per heavy atom. The topological polar surface area (TPSA) is 66.0 Å². The van der Waals surface area contributed by atoms with Gasteiger partial charge in [0.05, 0.1) is 12.6 Å². The molecule has 2 N–H and O–H groups in total. The van der Waals surface area contributed by atoms with Crippen LogP contribution in [0, 0.1) is 0 Å². The van der Waals surface area contributed by atoms with Gasteiger partial charge in [-0.3, -0.25) is 4.79 Å². The number of nitrogens with one attached hydrogen (secondary N) is 2. The highest BCUT2D eigenvalue weighted by Crippen LogP contribution is 2.11. The largest absolute Gasteiger partial charge is 0.376 e. The Hall–Kier alpha value is -2.08. The van der Waals surface area contributed by atoms with Crippen molar-refractivity contribution in [3.05, 3.63) is 35.4 Å². The Kier molecular flexibility index (Phi) is 9.11. The van der Waals surface area contributed by atoms with E-state index in [0.29, 0.717) is 18.7 Å². The molecule has 2 rings (SSSR count). The lowest BCUT2D eigenvalue weighted by molar-refractivity contribution is 0.0857. The summed E-state index contributed by atoms with van der Waals surface area (Å²) >= 11 is 0. The second-order valence-corrected chi connectivity index (χ2v) is 6.99. The SMILES string of the molecule is CCCCN(C)C(=NCc1cccc(C(=O)NCC2CCCO2)c1)NCC. The lowest BCUT2D eigenvalue weighted by atomic mass is 10.1. The van der Waals surface area contributed by atoms with Gasteiger partial charge < -0.3 is 20.3 Å². The summed E-state index contributed by atoms with van der Waals surface area (Å²) in [7, 11) is 2.06. The Bertz CT molecular complexity index is 612. The molecule has 1 atom stereocenters. The van der Waals surface area contributed by atoms with E-state index in [1.807, 2.05) is 24.3 Å². The van der Waals surface area contributed by atoms with Gasteiger partial charge in [0.15, 0.2) is 5.96 Å². The van der Waals surface area contributed by atoms with Gasteiger partial charge in [-0.2, -0.15) is 0 Å². The van der Waals surface area contributed by atoms with Crippen LogP contribution in [0.1, 0.15) is 55.5 Å².